The van der Waals surface area contributed by atoms with Gasteiger partial charge in [0.2, 0.25) is 17.7 Å². The quantitative estimate of drug-likeness (QED) is 0.750. The number of anilines is 1. The van der Waals surface area contributed by atoms with Gasteiger partial charge in [-0.2, -0.15) is 9.37 Å². The number of hydrogen-bond acceptors (Lipinski definition) is 4. The Balaban J connectivity index is 2.51. The molecule has 0 saturated carbocycles. The second-order valence-electron chi connectivity index (χ2n) is 4.75. The van der Waals surface area contributed by atoms with Crippen molar-refractivity contribution in [2.45, 2.75) is 13.5 Å². The predicted octanol–water partition coefficient (Wildman–Crippen LogP) is 3.50. The highest BCUT2D eigenvalue weighted by molar-refractivity contribution is 6.31. The second-order valence-corrected chi connectivity index (χ2v) is 5.42. The number of carbonyl (C=O) groups is 1. The van der Waals surface area contributed by atoms with E-state index in [1.807, 2.05) is 0 Å². The number of rotatable bonds is 5. The first-order chi connectivity index (χ1) is 11.4. The maximum absolute atomic E-state index is 14.0. The molecule has 0 aliphatic heterocycles. The van der Waals surface area contributed by atoms with Crippen molar-refractivity contribution in [3.8, 4) is 5.88 Å². The topological polar surface area (TPSA) is 55.3 Å². The Labute approximate surface area is 147 Å². The van der Waals surface area contributed by atoms with Crippen LogP contribution in [0.1, 0.15) is 11.3 Å². The van der Waals surface area contributed by atoms with Crippen LogP contribution in [-0.4, -0.2) is 28.9 Å². The summed E-state index contributed by atoms with van der Waals surface area (Å²) in [5, 5.41) is 0.133. The van der Waals surface area contributed by atoms with Crippen molar-refractivity contribution < 1.29 is 18.3 Å². The standard InChI is InChI=1S/C15H13Cl2F2N3O2/c1-8-13(19)14(24-2)21-15(20-8)22(12(23)6-16)7-9-10(17)4-3-5-11(9)18/h3-5H,6-7H2,1-2H3. The Morgan fingerprint density at radius 3 is 2.62 bits per heavy atom. The van der Waals surface area contributed by atoms with Crippen LogP contribution in [0.15, 0.2) is 18.2 Å². The van der Waals surface area contributed by atoms with Gasteiger partial charge in [-0.05, 0) is 19.1 Å². The van der Waals surface area contributed by atoms with Gasteiger partial charge in [0.1, 0.15) is 11.7 Å². The van der Waals surface area contributed by atoms with Crippen LogP contribution in [0.5, 0.6) is 5.88 Å². The molecule has 0 saturated heterocycles. The number of methoxy groups -OCH3 is 1. The summed E-state index contributed by atoms with van der Waals surface area (Å²) >= 11 is 11.6. The molecule has 9 heteroatoms. The summed E-state index contributed by atoms with van der Waals surface area (Å²) in [5.41, 5.74) is 0.0473. The fraction of sp³-hybridized carbons (Fsp3) is 0.267. The summed E-state index contributed by atoms with van der Waals surface area (Å²) in [6.07, 6.45) is 0. The second kappa shape index (κ2) is 7.72. The van der Waals surface area contributed by atoms with Crippen molar-refractivity contribution in [1.82, 2.24) is 9.97 Å². The molecule has 0 fully saturated rings. The SMILES string of the molecule is COc1nc(N(Cc2c(F)cccc2Cl)C(=O)CCl)nc(C)c1F. The van der Waals surface area contributed by atoms with Crippen LogP contribution in [0, 0.1) is 18.6 Å². The molecule has 0 spiro atoms. The van der Waals surface area contributed by atoms with Crippen LogP contribution in [0.2, 0.25) is 5.02 Å². The van der Waals surface area contributed by atoms with Gasteiger partial charge in [0.05, 0.1) is 19.3 Å². The molecule has 0 radical (unpaired) electrons. The molecule has 5 nitrogen and oxygen atoms in total. The van der Waals surface area contributed by atoms with E-state index in [0.29, 0.717) is 0 Å². The summed E-state index contributed by atoms with van der Waals surface area (Å²) in [4.78, 5) is 20.9. The molecule has 0 N–H and O–H groups in total. The molecule has 1 heterocycles. The van der Waals surface area contributed by atoms with E-state index in [2.05, 4.69) is 9.97 Å². The number of nitrogens with zero attached hydrogens (tertiary/aromatic N) is 3. The number of carbonyl (C=O) groups excluding carboxylic acids is 1. The molecule has 0 bridgehead atoms. The Hall–Kier alpha value is -1.99. The van der Waals surface area contributed by atoms with E-state index in [0.717, 1.165) is 4.90 Å². The third-order valence-corrected chi connectivity index (χ3v) is 3.79. The number of halogens is 4. The van der Waals surface area contributed by atoms with Gasteiger partial charge < -0.3 is 4.74 Å². The monoisotopic (exact) mass is 375 g/mol. The minimum Gasteiger partial charge on any atom is -0.479 e. The smallest absolute Gasteiger partial charge is 0.255 e. The van der Waals surface area contributed by atoms with Crippen LogP contribution >= 0.6 is 23.2 Å². The van der Waals surface area contributed by atoms with E-state index in [1.54, 1.807) is 0 Å². The molecule has 0 unspecified atom stereocenters. The number of aromatic nitrogens is 2. The largest absolute Gasteiger partial charge is 0.479 e. The molecule has 0 atom stereocenters. The van der Waals surface area contributed by atoms with Crippen LogP contribution in [-0.2, 0) is 11.3 Å². The number of alkyl halides is 1. The van der Waals surface area contributed by atoms with Crippen LogP contribution < -0.4 is 9.64 Å². The van der Waals surface area contributed by atoms with Gasteiger partial charge in [-0.3, -0.25) is 9.69 Å². The number of hydrogen-bond donors (Lipinski definition) is 0. The van der Waals surface area contributed by atoms with Gasteiger partial charge >= 0.3 is 0 Å². The number of benzene rings is 1. The molecule has 2 rings (SSSR count). The zero-order valence-corrected chi connectivity index (χ0v) is 14.3. The normalized spacial score (nSPS) is 10.6. The number of aryl methyl sites for hydroxylation is 1. The van der Waals surface area contributed by atoms with E-state index >= 15 is 0 Å². The Kier molecular flexibility index (Phi) is 5.90. The Bertz CT molecular complexity index is 754. The molecular formula is C15H13Cl2F2N3O2. The fourth-order valence-corrected chi connectivity index (χ4v) is 2.33. The highest BCUT2D eigenvalue weighted by Gasteiger charge is 2.24. The average molecular weight is 376 g/mol. The lowest BCUT2D eigenvalue weighted by atomic mass is 10.2. The first-order valence-electron chi connectivity index (χ1n) is 6.76. The minimum atomic E-state index is -0.747. The summed E-state index contributed by atoms with van der Waals surface area (Å²) in [6, 6.07) is 4.14. The van der Waals surface area contributed by atoms with Gasteiger partial charge in [0.15, 0.2) is 0 Å². The highest BCUT2D eigenvalue weighted by atomic mass is 35.5. The van der Waals surface area contributed by atoms with Crippen LogP contribution in [0.25, 0.3) is 0 Å². The van der Waals surface area contributed by atoms with E-state index < -0.39 is 23.4 Å². The molecule has 0 aliphatic rings. The molecular weight excluding hydrogens is 363 g/mol. The van der Waals surface area contributed by atoms with Crippen molar-refractivity contribution in [1.29, 1.82) is 0 Å². The molecule has 128 valence electrons. The zero-order valence-electron chi connectivity index (χ0n) is 12.8. The van der Waals surface area contributed by atoms with E-state index in [4.69, 9.17) is 27.9 Å². The first kappa shape index (κ1) is 18.4. The van der Waals surface area contributed by atoms with Crippen molar-refractivity contribution in [3.05, 3.63) is 46.1 Å². The highest BCUT2D eigenvalue weighted by Crippen LogP contribution is 2.25. The summed E-state index contributed by atoms with van der Waals surface area (Å²) in [7, 11) is 1.23. The van der Waals surface area contributed by atoms with Crippen molar-refractivity contribution in [2.75, 3.05) is 17.9 Å². The van der Waals surface area contributed by atoms with E-state index in [-0.39, 0.29) is 34.7 Å². The molecule has 24 heavy (non-hydrogen) atoms. The third-order valence-electron chi connectivity index (χ3n) is 3.20. The van der Waals surface area contributed by atoms with Gasteiger partial charge in [-0.1, -0.05) is 17.7 Å². The summed E-state index contributed by atoms with van der Waals surface area (Å²) in [5.74, 6) is -2.82. The minimum absolute atomic E-state index is 0.0242. The maximum atomic E-state index is 14.0. The first-order valence-corrected chi connectivity index (χ1v) is 7.67. The van der Waals surface area contributed by atoms with Gasteiger partial charge in [-0.25, -0.2) is 9.37 Å². The lowest BCUT2D eigenvalue weighted by Gasteiger charge is -2.21. The molecule has 2 aromatic rings. The number of amides is 1. The fourth-order valence-electron chi connectivity index (χ4n) is 1.96. The molecule has 1 aromatic carbocycles. The Morgan fingerprint density at radius 1 is 1.33 bits per heavy atom. The lowest BCUT2D eigenvalue weighted by molar-refractivity contribution is -0.116. The van der Waals surface area contributed by atoms with E-state index in [1.165, 1.54) is 32.2 Å². The van der Waals surface area contributed by atoms with Crippen molar-refractivity contribution in [3.63, 3.8) is 0 Å². The van der Waals surface area contributed by atoms with Crippen molar-refractivity contribution in [2.24, 2.45) is 0 Å². The van der Waals surface area contributed by atoms with Gasteiger partial charge in [0, 0.05) is 10.6 Å². The average Bonchev–Trinajstić information content (AvgIpc) is 2.56. The Morgan fingerprint density at radius 2 is 2.04 bits per heavy atom. The molecule has 1 aromatic heterocycles. The van der Waals surface area contributed by atoms with Crippen LogP contribution in [0.4, 0.5) is 14.7 Å². The van der Waals surface area contributed by atoms with Gasteiger partial charge in [-0.15, -0.1) is 11.6 Å². The van der Waals surface area contributed by atoms with E-state index in [9.17, 15) is 13.6 Å². The zero-order chi connectivity index (χ0) is 17.9. The molecule has 0 aliphatic carbocycles. The third kappa shape index (κ3) is 3.73. The summed E-state index contributed by atoms with van der Waals surface area (Å²) in [6.45, 7) is 1.13. The summed E-state index contributed by atoms with van der Waals surface area (Å²) < 4.78 is 32.7. The predicted molar refractivity (Wildman–Crippen MR) is 86.6 cm³/mol. The lowest BCUT2D eigenvalue weighted by Crippen LogP contribution is -2.33. The maximum Gasteiger partial charge on any atom is 0.255 e. The number of ether oxygens (including phenoxy) is 1. The van der Waals surface area contributed by atoms with Crippen LogP contribution in [0.3, 0.4) is 0 Å². The molecule has 1 amide bonds. The van der Waals surface area contributed by atoms with Crippen molar-refractivity contribution >= 4 is 35.1 Å². The van der Waals surface area contributed by atoms with Gasteiger partial charge in [0.25, 0.3) is 5.88 Å².